The molecule has 0 radical (unpaired) electrons. The maximum Gasteiger partial charge on any atom is 0.280 e. The topological polar surface area (TPSA) is 68.9 Å². The lowest BCUT2D eigenvalue weighted by Gasteiger charge is -2.13. The number of rotatable bonds is 4. The fourth-order valence-electron chi connectivity index (χ4n) is 3.06. The number of carbonyl (C=O) groups excluding carboxylic acids is 1. The van der Waals surface area contributed by atoms with Gasteiger partial charge in [0, 0.05) is 6.20 Å². The molecule has 0 aliphatic carbocycles. The van der Waals surface area contributed by atoms with E-state index in [1.54, 1.807) is 47.3 Å². The number of aromatic nitrogens is 3. The molecular weight excluding hydrogens is 376 g/mol. The molecule has 4 aromatic rings. The zero-order valence-corrected chi connectivity index (χ0v) is 15.8. The largest absolute Gasteiger partial charge is 0.323 e. The number of carbonyl (C=O) groups is 1. The number of halogens is 1. The highest BCUT2D eigenvalue weighted by atomic mass is 35.5. The van der Waals surface area contributed by atoms with Crippen molar-refractivity contribution in [3.8, 4) is 5.69 Å². The van der Waals surface area contributed by atoms with Gasteiger partial charge in [0.05, 0.1) is 21.8 Å². The summed E-state index contributed by atoms with van der Waals surface area (Å²) in [5.74, 6) is -0.309. The van der Waals surface area contributed by atoms with E-state index in [1.165, 1.54) is 4.68 Å². The van der Waals surface area contributed by atoms with Gasteiger partial charge in [0.1, 0.15) is 6.54 Å². The summed E-state index contributed by atoms with van der Waals surface area (Å²) >= 11 is 6.12. The molecular formula is C21H17ClN4O2. The van der Waals surface area contributed by atoms with E-state index in [0.717, 1.165) is 5.56 Å². The molecule has 0 unspecified atom stereocenters. The second-order valence-electron chi connectivity index (χ2n) is 6.41. The molecule has 0 fully saturated rings. The maximum atomic E-state index is 13.0. The van der Waals surface area contributed by atoms with Crippen LogP contribution < -0.4 is 10.9 Å². The van der Waals surface area contributed by atoms with E-state index in [9.17, 15) is 9.59 Å². The summed E-state index contributed by atoms with van der Waals surface area (Å²) in [7, 11) is 0. The number of benzene rings is 2. The smallest absolute Gasteiger partial charge is 0.280 e. The Balaban J connectivity index is 1.78. The van der Waals surface area contributed by atoms with Crippen molar-refractivity contribution in [3.63, 3.8) is 0 Å². The number of aryl methyl sites for hydroxylation is 1. The summed E-state index contributed by atoms with van der Waals surface area (Å²) in [5.41, 5.74) is 2.48. The Labute approximate surface area is 166 Å². The molecule has 7 heteroatoms. The molecule has 0 bridgehead atoms. The Morgan fingerprint density at radius 1 is 1.07 bits per heavy atom. The maximum absolute atomic E-state index is 13.0. The molecule has 4 rings (SSSR count). The summed E-state index contributed by atoms with van der Waals surface area (Å²) in [6, 6.07) is 17.9. The Morgan fingerprint density at radius 3 is 2.57 bits per heavy atom. The van der Waals surface area contributed by atoms with E-state index in [2.05, 4.69) is 10.3 Å². The van der Waals surface area contributed by atoms with Gasteiger partial charge in [-0.05, 0) is 43.3 Å². The van der Waals surface area contributed by atoms with E-state index < -0.39 is 0 Å². The number of anilines is 1. The average molecular weight is 393 g/mol. The van der Waals surface area contributed by atoms with Crippen LogP contribution in [0.4, 0.5) is 5.69 Å². The number of nitrogens with zero attached hydrogens (tertiary/aromatic N) is 3. The van der Waals surface area contributed by atoms with Crippen molar-refractivity contribution in [1.29, 1.82) is 0 Å². The summed E-state index contributed by atoms with van der Waals surface area (Å²) in [4.78, 5) is 30.0. The third kappa shape index (κ3) is 3.30. The van der Waals surface area contributed by atoms with Crippen LogP contribution in [0, 0.1) is 6.92 Å². The Hall–Kier alpha value is -3.38. The van der Waals surface area contributed by atoms with Crippen LogP contribution in [0.5, 0.6) is 0 Å². The highest BCUT2D eigenvalue weighted by Crippen LogP contribution is 2.21. The van der Waals surface area contributed by atoms with Crippen molar-refractivity contribution < 1.29 is 4.79 Å². The van der Waals surface area contributed by atoms with Crippen LogP contribution in [0.25, 0.3) is 16.7 Å². The van der Waals surface area contributed by atoms with Crippen molar-refractivity contribution in [3.05, 3.63) is 87.8 Å². The van der Waals surface area contributed by atoms with Gasteiger partial charge in [-0.15, -0.1) is 0 Å². The van der Waals surface area contributed by atoms with Crippen LogP contribution in [0.1, 0.15) is 5.56 Å². The Bertz CT molecular complexity index is 1230. The zero-order chi connectivity index (χ0) is 19.7. The van der Waals surface area contributed by atoms with Crippen LogP contribution in [0.3, 0.4) is 0 Å². The van der Waals surface area contributed by atoms with Crippen molar-refractivity contribution in [2.45, 2.75) is 13.5 Å². The molecule has 0 aliphatic heterocycles. The second kappa shape index (κ2) is 7.32. The van der Waals surface area contributed by atoms with Gasteiger partial charge >= 0.3 is 0 Å². The van der Waals surface area contributed by atoms with E-state index in [4.69, 9.17) is 11.6 Å². The number of para-hydroxylation sites is 1. The number of pyridine rings is 1. The van der Waals surface area contributed by atoms with Gasteiger partial charge < -0.3 is 5.32 Å². The van der Waals surface area contributed by atoms with Gasteiger partial charge in [0.2, 0.25) is 5.91 Å². The molecule has 28 heavy (non-hydrogen) atoms. The Kier molecular flexibility index (Phi) is 4.71. The number of amides is 1. The van der Waals surface area contributed by atoms with Crippen LogP contribution in [-0.4, -0.2) is 20.3 Å². The molecule has 6 nitrogen and oxygen atoms in total. The first-order valence-corrected chi connectivity index (χ1v) is 9.10. The quantitative estimate of drug-likeness (QED) is 0.574. The summed E-state index contributed by atoms with van der Waals surface area (Å²) in [5, 5.41) is 3.68. The normalized spacial score (nSPS) is 10.9. The molecule has 0 saturated carbocycles. The molecule has 140 valence electrons. The standard InChI is InChI=1S/C21H17ClN4O2/c1-14-8-10-15(11-9-14)26-21(28)16-5-4-12-23-20(16)25(26)13-19(27)24-18-7-3-2-6-17(18)22/h2-12H,13H2,1H3,(H,24,27). The highest BCUT2D eigenvalue weighted by molar-refractivity contribution is 6.33. The lowest BCUT2D eigenvalue weighted by atomic mass is 10.2. The third-order valence-electron chi connectivity index (χ3n) is 4.42. The van der Waals surface area contributed by atoms with Gasteiger partial charge in [-0.25, -0.2) is 9.67 Å². The van der Waals surface area contributed by atoms with Crippen LogP contribution >= 0.6 is 11.6 Å². The van der Waals surface area contributed by atoms with Gasteiger partial charge in [-0.3, -0.25) is 14.3 Å². The average Bonchev–Trinajstić information content (AvgIpc) is 2.97. The van der Waals surface area contributed by atoms with E-state index in [0.29, 0.717) is 27.4 Å². The monoisotopic (exact) mass is 392 g/mol. The van der Waals surface area contributed by atoms with Crippen molar-refractivity contribution in [2.24, 2.45) is 0 Å². The van der Waals surface area contributed by atoms with E-state index in [1.807, 2.05) is 31.2 Å². The fourth-order valence-corrected chi connectivity index (χ4v) is 3.25. The van der Waals surface area contributed by atoms with Gasteiger partial charge in [-0.1, -0.05) is 41.4 Å². The van der Waals surface area contributed by atoms with Crippen LogP contribution in [0.15, 0.2) is 71.7 Å². The fraction of sp³-hybridized carbons (Fsp3) is 0.0952. The molecule has 0 atom stereocenters. The van der Waals surface area contributed by atoms with Crippen molar-refractivity contribution >= 4 is 34.2 Å². The van der Waals surface area contributed by atoms with Gasteiger partial charge in [-0.2, -0.15) is 0 Å². The summed E-state index contributed by atoms with van der Waals surface area (Å²) in [6.45, 7) is 1.88. The predicted molar refractivity (Wildman–Crippen MR) is 110 cm³/mol. The van der Waals surface area contributed by atoms with Crippen LogP contribution in [-0.2, 0) is 11.3 Å². The summed E-state index contributed by atoms with van der Waals surface area (Å²) < 4.78 is 3.05. The number of hydrogen-bond acceptors (Lipinski definition) is 3. The van der Waals surface area contributed by atoms with Crippen LogP contribution in [0.2, 0.25) is 5.02 Å². The zero-order valence-electron chi connectivity index (χ0n) is 15.1. The van der Waals surface area contributed by atoms with E-state index >= 15 is 0 Å². The number of fused-ring (bicyclic) bond motifs is 1. The highest BCUT2D eigenvalue weighted by Gasteiger charge is 2.18. The second-order valence-corrected chi connectivity index (χ2v) is 6.82. The van der Waals surface area contributed by atoms with E-state index in [-0.39, 0.29) is 18.0 Å². The number of nitrogens with one attached hydrogen (secondary N) is 1. The predicted octanol–water partition coefficient (Wildman–Crippen LogP) is 3.79. The lowest BCUT2D eigenvalue weighted by molar-refractivity contribution is -0.116. The first-order valence-electron chi connectivity index (χ1n) is 8.72. The Morgan fingerprint density at radius 2 is 1.82 bits per heavy atom. The molecule has 0 spiro atoms. The van der Waals surface area contributed by atoms with Gasteiger partial charge in [0.25, 0.3) is 5.56 Å². The molecule has 1 N–H and O–H groups in total. The molecule has 2 aromatic heterocycles. The minimum atomic E-state index is -0.309. The molecule has 0 aliphatic rings. The first-order chi connectivity index (χ1) is 13.5. The van der Waals surface area contributed by atoms with Gasteiger partial charge in [0.15, 0.2) is 5.65 Å². The van der Waals surface area contributed by atoms with Crippen molar-refractivity contribution in [2.75, 3.05) is 5.32 Å². The first kappa shape index (κ1) is 18.0. The lowest BCUT2D eigenvalue weighted by Crippen LogP contribution is -2.27. The minimum absolute atomic E-state index is 0.0884. The number of hydrogen-bond donors (Lipinski definition) is 1. The molecule has 0 saturated heterocycles. The molecule has 2 aromatic carbocycles. The third-order valence-corrected chi connectivity index (χ3v) is 4.74. The summed E-state index contributed by atoms with van der Waals surface area (Å²) in [6.07, 6.45) is 1.60. The van der Waals surface area contributed by atoms with Crippen molar-refractivity contribution in [1.82, 2.24) is 14.3 Å². The SMILES string of the molecule is Cc1ccc(-n2c(=O)c3cccnc3n2CC(=O)Nc2ccccc2Cl)cc1. The molecule has 2 heterocycles. The molecule has 1 amide bonds. The minimum Gasteiger partial charge on any atom is -0.323 e.